The molecule has 0 aliphatic heterocycles. The number of pyridine rings is 1. The fraction of sp³-hybridized carbons (Fsp3) is 0.214. The van der Waals surface area contributed by atoms with Gasteiger partial charge in [-0.2, -0.15) is 0 Å². The van der Waals surface area contributed by atoms with Crippen LogP contribution in [0.5, 0.6) is 0 Å². The van der Waals surface area contributed by atoms with Crippen LogP contribution in [-0.2, 0) is 0 Å². The molecule has 2 rings (SSSR count). The first kappa shape index (κ1) is 13.2. The molecule has 1 aromatic carbocycles. The summed E-state index contributed by atoms with van der Waals surface area (Å²) in [5, 5.41) is 0. The van der Waals surface area contributed by atoms with Gasteiger partial charge in [-0.25, -0.2) is 4.39 Å². The summed E-state index contributed by atoms with van der Waals surface area (Å²) in [6.45, 7) is 1.91. The lowest BCUT2D eigenvalue weighted by molar-refractivity contribution is 0.531. The van der Waals surface area contributed by atoms with Crippen LogP contribution in [0.3, 0.4) is 0 Å². The van der Waals surface area contributed by atoms with Crippen LogP contribution in [0.2, 0.25) is 0 Å². The third kappa shape index (κ3) is 2.60. The smallest absolute Gasteiger partial charge is 0.140 e. The van der Waals surface area contributed by atoms with Gasteiger partial charge < -0.3 is 5.73 Å². The minimum Gasteiger partial charge on any atom is -0.322 e. The van der Waals surface area contributed by atoms with Gasteiger partial charge in [0, 0.05) is 12.1 Å². The van der Waals surface area contributed by atoms with Crippen molar-refractivity contribution in [2.75, 3.05) is 0 Å². The first-order chi connectivity index (χ1) is 8.61. The Morgan fingerprint density at radius 2 is 2.00 bits per heavy atom. The molecule has 0 radical (unpaired) electrons. The van der Waals surface area contributed by atoms with Crippen LogP contribution in [0.25, 0.3) is 0 Å². The van der Waals surface area contributed by atoms with Crippen molar-refractivity contribution < 1.29 is 4.39 Å². The number of hydrogen-bond donors (Lipinski definition) is 1. The fourth-order valence-corrected chi connectivity index (χ4v) is 2.28. The molecule has 18 heavy (non-hydrogen) atoms. The van der Waals surface area contributed by atoms with E-state index in [1.54, 1.807) is 18.3 Å². The molecule has 2 aromatic rings. The monoisotopic (exact) mass is 308 g/mol. The van der Waals surface area contributed by atoms with Gasteiger partial charge in [0.25, 0.3) is 0 Å². The van der Waals surface area contributed by atoms with E-state index >= 15 is 0 Å². The lowest BCUT2D eigenvalue weighted by Crippen LogP contribution is -2.19. The van der Waals surface area contributed by atoms with E-state index in [2.05, 4.69) is 20.9 Å². The Kier molecular flexibility index (Phi) is 4.09. The summed E-state index contributed by atoms with van der Waals surface area (Å²) in [7, 11) is 0. The average Bonchev–Trinajstić information content (AvgIpc) is 2.41. The van der Waals surface area contributed by atoms with Crippen molar-refractivity contribution >= 4 is 15.9 Å². The Bertz CT molecular complexity index is 531. The Balaban J connectivity index is 2.31. The van der Waals surface area contributed by atoms with Gasteiger partial charge in [-0.05, 0) is 39.7 Å². The van der Waals surface area contributed by atoms with Crippen molar-refractivity contribution in [1.82, 2.24) is 4.98 Å². The van der Waals surface area contributed by atoms with E-state index in [1.165, 1.54) is 0 Å². The van der Waals surface area contributed by atoms with Crippen LogP contribution in [0.1, 0.15) is 30.1 Å². The van der Waals surface area contributed by atoms with E-state index in [1.807, 2.05) is 31.2 Å². The topological polar surface area (TPSA) is 38.9 Å². The normalized spacial score (nSPS) is 14.2. The molecule has 0 spiro atoms. The van der Waals surface area contributed by atoms with Gasteiger partial charge in [-0.15, -0.1) is 0 Å². The lowest BCUT2D eigenvalue weighted by Gasteiger charge is -2.20. The first-order valence-electron chi connectivity index (χ1n) is 5.71. The highest BCUT2D eigenvalue weighted by Crippen LogP contribution is 2.31. The second kappa shape index (κ2) is 5.59. The number of aromatic nitrogens is 1. The molecule has 0 saturated heterocycles. The summed E-state index contributed by atoms with van der Waals surface area (Å²) >= 11 is 3.19. The van der Waals surface area contributed by atoms with Gasteiger partial charge >= 0.3 is 0 Å². The van der Waals surface area contributed by atoms with Crippen molar-refractivity contribution in [3.63, 3.8) is 0 Å². The van der Waals surface area contributed by atoms with Gasteiger partial charge in [-0.3, -0.25) is 4.98 Å². The molecule has 0 aliphatic rings. The SMILES string of the molecule is CC(c1cccc(Br)c1F)C(N)c1ccccn1. The van der Waals surface area contributed by atoms with Gasteiger partial charge in [0.05, 0.1) is 16.2 Å². The Labute approximate surface area is 114 Å². The number of benzene rings is 1. The number of rotatable bonds is 3. The summed E-state index contributed by atoms with van der Waals surface area (Å²) in [6, 6.07) is 10.5. The van der Waals surface area contributed by atoms with Crippen molar-refractivity contribution in [1.29, 1.82) is 0 Å². The van der Waals surface area contributed by atoms with E-state index < -0.39 is 0 Å². The number of nitrogens with two attached hydrogens (primary N) is 1. The minimum absolute atomic E-state index is 0.141. The predicted octanol–water partition coefficient (Wildman–Crippen LogP) is 3.79. The molecule has 2 unspecified atom stereocenters. The van der Waals surface area contributed by atoms with Crippen LogP contribution >= 0.6 is 15.9 Å². The highest BCUT2D eigenvalue weighted by Gasteiger charge is 2.21. The number of nitrogens with zero attached hydrogens (tertiary/aromatic N) is 1. The van der Waals surface area contributed by atoms with Crippen molar-refractivity contribution in [3.8, 4) is 0 Å². The Morgan fingerprint density at radius 3 is 2.67 bits per heavy atom. The molecule has 2 atom stereocenters. The van der Waals surface area contributed by atoms with Crippen molar-refractivity contribution in [2.45, 2.75) is 18.9 Å². The van der Waals surface area contributed by atoms with Crippen LogP contribution in [-0.4, -0.2) is 4.98 Å². The van der Waals surface area contributed by atoms with Gasteiger partial charge in [0.2, 0.25) is 0 Å². The Morgan fingerprint density at radius 1 is 1.22 bits per heavy atom. The van der Waals surface area contributed by atoms with Crippen LogP contribution < -0.4 is 5.73 Å². The van der Waals surface area contributed by atoms with Gasteiger partial charge in [0.1, 0.15) is 5.82 Å². The van der Waals surface area contributed by atoms with E-state index in [4.69, 9.17) is 5.73 Å². The maximum Gasteiger partial charge on any atom is 0.140 e. The summed E-state index contributed by atoms with van der Waals surface area (Å²) < 4.78 is 14.5. The first-order valence-corrected chi connectivity index (χ1v) is 6.51. The lowest BCUT2D eigenvalue weighted by atomic mass is 9.91. The molecule has 94 valence electrons. The fourth-order valence-electron chi connectivity index (χ4n) is 1.89. The summed E-state index contributed by atoms with van der Waals surface area (Å²) in [6.07, 6.45) is 1.69. The minimum atomic E-state index is -0.324. The third-order valence-electron chi connectivity index (χ3n) is 3.04. The maximum atomic E-state index is 14.0. The maximum absolute atomic E-state index is 14.0. The van der Waals surface area contributed by atoms with E-state index in [-0.39, 0.29) is 17.8 Å². The molecule has 2 nitrogen and oxygen atoms in total. The average molecular weight is 309 g/mol. The van der Waals surface area contributed by atoms with E-state index in [9.17, 15) is 4.39 Å². The molecular formula is C14H14BrFN2. The van der Waals surface area contributed by atoms with Crippen molar-refractivity contribution in [3.05, 3.63) is 64.1 Å². The zero-order valence-corrected chi connectivity index (χ0v) is 11.6. The van der Waals surface area contributed by atoms with E-state index in [0.29, 0.717) is 10.0 Å². The van der Waals surface area contributed by atoms with Crippen LogP contribution in [0, 0.1) is 5.82 Å². The third-order valence-corrected chi connectivity index (χ3v) is 3.65. The van der Waals surface area contributed by atoms with Gasteiger partial charge in [-0.1, -0.05) is 25.1 Å². The zero-order chi connectivity index (χ0) is 13.1. The van der Waals surface area contributed by atoms with Gasteiger partial charge in [0.15, 0.2) is 0 Å². The molecule has 0 bridgehead atoms. The zero-order valence-electron chi connectivity index (χ0n) is 9.98. The number of halogens is 2. The van der Waals surface area contributed by atoms with Crippen molar-refractivity contribution in [2.24, 2.45) is 5.73 Å². The molecule has 1 heterocycles. The largest absolute Gasteiger partial charge is 0.322 e. The molecule has 0 aliphatic carbocycles. The molecule has 0 fully saturated rings. The summed E-state index contributed by atoms with van der Waals surface area (Å²) in [5.41, 5.74) is 7.51. The second-order valence-corrected chi connectivity index (χ2v) is 5.07. The molecule has 0 saturated carbocycles. The molecule has 1 aromatic heterocycles. The Hall–Kier alpha value is -1.26. The second-order valence-electron chi connectivity index (χ2n) is 4.21. The summed E-state index contributed by atoms with van der Waals surface area (Å²) in [4.78, 5) is 4.22. The van der Waals surface area contributed by atoms with E-state index in [0.717, 1.165) is 5.69 Å². The van der Waals surface area contributed by atoms with Crippen LogP contribution in [0.15, 0.2) is 47.1 Å². The summed E-state index contributed by atoms with van der Waals surface area (Å²) in [5.74, 6) is -0.395. The number of hydrogen-bond acceptors (Lipinski definition) is 2. The quantitative estimate of drug-likeness (QED) is 0.937. The molecule has 2 N–H and O–H groups in total. The van der Waals surface area contributed by atoms with Crippen LogP contribution in [0.4, 0.5) is 4.39 Å². The molecule has 4 heteroatoms. The predicted molar refractivity (Wildman–Crippen MR) is 73.7 cm³/mol. The standard InChI is InChI=1S/C14H14BrFN2/c1-9(10-5-4-6-11(15)13(10)16)14(17)12-7-2-3-8-18-12/h2-9,14H,17H2,1H3. The molecule has 0 amide bonds. The molecular weight excluding hydrogens is 295 g/mol. The highest BCUT2D eigenvalue weighted by atomic mass is 79.9. The highest BCUT2D eigenvalue weighted by molar-refractivity contribution is 9.10.